The van der Waals surface area contributed by atoms with Crippen molar-refractivity contribution >= 4 is 46.4 Å². The predicted octanol–water partition coefficient (Wildman–Crippen LogP) is 5.30. The Labute approximate surface area is 204 Å². The Morgan fingerprint density at radius 3 is 2.62 bits per heavy atom. The molecular weight excluding hydrogens is 476 g/mol. The number of urea groups is 1. The van der Waals surface area contributed by atoms with Crippen molar-refractivity contribution in [1.29, 1.82) is 0 Å². The Hall–Kier alpha value is -3.69. The number of fused-ring (bicyclic) bond motifs is 1. The number of hydrogen-bond acceptors (Lipinski definition) is 6. The smallest absolute Gasteiger partial charge is 0.323 e. The second-order valence-electron chi connectivity index (χ2n) is 7.09. The Morgan fingerprint density at radius 2 is 1.82 bits per heavy atom. The van der Waals surface area contributed by atoms with Gasteiger partial charge in [-0.3, -0.25) is 9.20 Å². The van der Waals surface area contributed by atoms with Gasteiger partial charge in [-0.05, 0) is 36.4 Å². The number of carbonyl (C=O) groups excluding carboxylic acids is 1. The molecule has 2 aromatic heterocycles. The fraction of sp³-hybridized carbons (Fsp3) is 0.125. The fourth-order valence-corrected chi connectivity index (χ4v) is 4.30. The van der Waals surface area contributed by atoms with Gasteiger partial charge in [0.15, 0.2) is 0 Å². The molecule has 2 amide bonds. The number of methoxy groups -OCH3 is 2. The van der Waals surface area contributed by atoms with Gasteiger partial charge in [0.05, 0.1) is 36.3 Å². The van der Waals surface area contributed by atoms with Gasteiger partial charge >= 0.3 is 6.03 Å². The van der Waals surface area contributed by atoms with Crippen molar-refractivity contribution in [1.82, 2.24) is 9.38 Å². The maximum Gasteiger partial charge on any atom is 0.323 e. The molecule has 2 N–H and O–H groups in total. The number of carbonyl (C=O) groups is 1. The zero-order chi connectivity index (χ0) is 24.1. The Morgan fingerprint density at radius 1 is 1.03 bits per heavy atom. The maximum atomic E-state index is 12.7. The lowest BCUT2D eigenvalue weighted by molar-refractivity contribution is 0.262. The van der Waals surface area contributed by atoms with Crippen LogP contribution in [0.3, 0.4) is 0 Å². The first-order valence-electron chi connectivity index (χ1n) is 10.2. The molecule has 2 heterocycles. The number of halogens is 1. The maximum absolute atomic E-state index is 12.7. The normalized spacial score (nSPS) is 10.7. The van der Waals surface area contributed by atoms with Crippen LogP contribution in [0.5, 0.6) is 11.5 Å². The first-order valence-corrected chi connectivity index (χ1v) is 11.5. The highest BCUT2D eigenvalue weighted by Gasteiger charge is 2.12. The summed E-state index contributed by atoms with van der Waals surface area (Å²) in [5.41, 5.74) is 2.03. The number of ether oxygens (including phenoxy) is 2. The number of amides is 2. The van der Waals surface area contributed by atoms with Crippen LogP contribution in [0.4, 0.5) is 16.2 Å². The number of rotatable bonds is 7. The van der Waals surface area contributed by atoms with Crippen molar-refractivity contribution in [3.63, 3.8) is 0 Å². The molecule has 0 saturated carbocycles. The summed E-state index contributed by atoms with van der Waals surface area (Å²) in [6.07, 6.45) is 1.54. The SMILES string of the molecule is COc1ccc(OC)c(NC(=O)Nc2ccccc2SCc2cc(=O)n3cc(Cl)ccc3n2)c1. The molecular formula is C24H21ClN4O4S. The van der Waals surface area contributed by atoms with E-state index in [1.807, 2.05) is 18.2 Å². The predicted molar refractivity (Wildman–Crippen MR) is 135 cm³/mol. The molecule has 4 aromatic rings. The van der Waals surface area contributed by atoms with Crippen LogP contribution < -0.4 is 25.7 Å². The van der Waals surface area contributed by atoms with E-state index < -0.39 is 6.03 Å². The fourth-order valence-electron chi connectivity index (χ4n) is 3.24. The monoisotopic (exact) mass is 496 g/mol. The third-order valence-electron chi connectivity index (χ3n) is 4.84. The van der Waals surface area contributed by atoms with Crippen LogP contribution in [-0.2, 0) is 5.75 Å². The van der Waals surface area contributed by atoms with E-state index in [0.29, 0.717) is 45.0 Å². The van der Waals surface area contributed by atoms with E-state index in [1.165, 1.54) is 35.5 Å². The van der Waals surface area contributed by atoms with Crippen LogP contribution in [0.1, 0.15) is 5.69 Å². The third kappa shape index (κ3) is 5.44. The van der Waals surface area contributed by atoms with Crippen LogP contribution in [0.2, 0.25) is 5.02 Å². The first-order chi connectivity index (χ1) is 16.5. The van der Waals surface area contributed by atoms with Crippen molar-refractivity contribution in [3.8, 4) is 11.5 Å². The number of aromatic nitrogens is 2. The molecule has 0 bridgehead atoms. The second kappa shape index (κ2) is 10.5. The van der Waals surface area contributed by atoms with Gasteiger partial charge in [0.1, 0.15) is 17.1 Å². The first kappa shape index (κ1) is 23.5. The summed E-state index contributed by atoms with van der Waals surface area (Å²) in [6.45, 7) is 0. The molecule has 0 spiro atoms. The van der Waals surface area contributed by atoms with Gasteiger partial charge in [-0.25, -0.2) is 9.78 Å². The number of hydrogen-bond donors (Lipinski definition) is 2. The summed E-state index contributed by atoms with van der Waals surface area (Å²) in [6, 6.07) is 17.0. The highest BCUT2D eigenvalue weighted by Crippen LogP contribution is 2.31. The van der Waals surface area contributed by atoms with Crippen molar-refractivity contribution in [2.24, 2.45) is 0 Å². The summed E-state index contributed by atoms with van der Waals surface area (Å²) in [5, 5.41) is 6.11. The molecule has 0 aliphatic rings. The van der Waals surface area contributed by atoms with E-state index in [0.717, 1.165) is 4.90 Å². The number of nitrogens with one attached hydrogen (secondary N) is 2. The zero-order valence-electron chi connectivity index (χ0n) is 18.4. The van der Waals surface area contributed by atoms with Gasteiger partial charge in [0.25, 0.3) is 5.56 Å². The van der Waals surface area contributed by atoms with Crippen molar-refractivity contribution < 1.29 is 14.3 Å². The molecule has 0 radical (unpaired) electrons. The molecule has 4 rings (SSSR count). The third-order valence-corrected chi connectivity index (χ3v) is 6.17. The topological polar surface area (TPSA) is 94.0 Å². The molecule has 2 aromatic carbocycles. The van der Waals surface area contributed by atoms with Crippen LogP contribution in [0, 0.1) is 0 Å². The molecule has 174 valence electrons. The highest BCUT2D eigenvalue weighted by molar-refractivity contribution is 7.98. The molecule has 0 atom stereocenters. The molecule has 0 aliphatic heterocycles. The van der Waals surface area contributed by atoms with E-state index in [9.17, 15) is 9.59 Å². The van der Waals surface area contributed by atoms with Crippen LogP contribution >= 0.6 is 23.4 Å². The van der Waals surface area contributed by atoms with E-state index in [2.05, 4.69) is 15.6 Å². The minimum absolute atomic E-state index is 0.207. The molecule has 0 saturated heterocycles. The lowest BCUT2D eigenvalue weighted by Crippen LogP contribution is -2.20. The van der Waals surface area contributed by atoms with E-state index in [1.54, 1.807) is 43.5 Å². The Bertz CT molecular complexity index is 1410. The largest absolute Gasteiger partial charge is 0.497 e. The standard InChI is InChI=1S/C24H21ClN4O4S/c1-32-17-8-9-20(33-2)19(12-17)28-24(31)27-18-5-3-4-6-21(18)34-14-16-11-23(30)29-13-15(25)7-10-22(29)26-16/h3-13H,14H2,1-2H3,(H2,27,28,31). The molecule has 8 nitrogen and oxygen atoms in total. The summed E-state index contributed by atoms with van der Waals surface area (Å²) in [7, 11) is 3.07. The quantitative estimate of drug-likeness (QED) is 0.337. The van der Waals surface area contributed by atoms with Gasteiger partial charge in [-0.1, -0.05) is 23.7 Å². The number of thioether (sulfide) groups is 1. The molecule has 0 aliphatic carbocycles. The van der Waals surface area contributed by atoms with E-state index in [4.69, 9.17) is 21.1 Å². The van der Waals surface area contributed by atoms with E-state index in [-0.39, 0.29) is 5.56 Å². The van der Waals surface area contributed by atoms with Crippen molar-refractivity contribution in [2.75, 3.05) is 24.9 Å². The van der Waals surface area contributed by atoms with E-state index >= 15 is 0 Å². The van der Waals surface area contributed by atoms with Gasteiger partial charge in [-0.2, -0.15) is 0 Å². The minimum atomic E-state index is -0.432. The highest BCUT2D eigenvalue weighted by atomic mass is 35.5. The van der Waals surface area contributed by atoms with Crippen molar-refractivity contribution in [2.45, 2.75) is 10.6 Å². The number of para-hydroxylation sites is 1. The summed E-state index contributed by atoms with van der Waals surface area (Å²) < 4.78 is 11.9. The molecule has 10 heteroatoms. The summed E-state index contributed by atoms with van der Waals surface area (Å²) in [5.74, 6) is 1.54. The number of pyridine rings is 1. The van der Waals surface area contributed by atoms with Gasteiger partial charge in [-0.15, -0.1) is 11.8 Å². The van der Waals surface area contributed by atoms with Gasteiger partial charge < -0.3 is 20.1 Å². The van der Waals surface area contributed by atoms with Crippen molar-refractivity contribution in [3.05, 3.63) is 87.9 Å². The second-order valence-corrected chi connectivity index (χ2v) is 8.55. The average Bonchev–Trinajstić information content (AvgIpc) is 2.84. The molecule has 34 heavy (non-hydrogen) atoms. The van der Waals surface area contributed by atoms with Gasteiger partial charge in [0.2, 0.25) is 0 Å². The summed E-state index contributed by atoms with van der Waals surface area (Å²) >= 11 is 7.43. The van der Waals surface area contributed by atoms with Gasteiger partial charge in [0, 0.05) is 29.0 Å². The summed E-state index contributed by atoms with van der Waals surface area (Å²) in [4.78, 5) is 30.5. The van der Waals surface area contributed by atoms with Crippen LogP contribution in [-0.4, -0.2) is 29.6 Å². The van der Waals surface area contributed by atoms with Crippen LogP contribution in [0.15, 0.2) is 76.6 Å². The Balaban J connectivity index is 1.48. The Kier molecular flexibility index (Phi) is 7.24. The minimum Gasteiger partial charge on any atom is -0.497 e. The lowest BCUT2D eigenvalue weighted by atomic mass is 10.2. The molecule has 0 unspecified atom stereocenters. The average molecular weight is 497 g/mol. The number of benzene rings is 2. The van der Waals surface area contributed by atoms with Crippen LogP contribution in [0.25, 0.3) is 5.65 Å². The molecule has 0 fully saturated rings. The number of anilines is 2. The lowest BCUT2D eigenvalue weighted by Gasteiger charge is -2.14. The number of nitrogens with zero attached hydrogens (tertiary/aromatic N) is 2. The zero-order valence-corrected chi connectivity index (χ0v) is 19.9.